The monoisotopic (exact) mass is 414 g/mol. The molecule has 3 atom stereocenters. The molecule has 13 heteroatoms. The molecule has 0 saturated carbocycles. The van der Waals surface area contributed by atoms with Crippen molar-refractivity contribution in [3.8, 4) is 0 Å². The maximum Gasteiger partial charge on any atom is 0.326 e. The second kappa shape index (κ2) is 8.90. The number of nitrogens with one attached hydrogen (secondary N) is 3. The molecular formula is C15H18N4O8S. The Kier molecular flexibility index (Phi) is 6.82. The summed E-state index contributed by atoms with van der Waals surface area (Å²) in [6, 6.07) is 4.56. The lowest BCUT2D eigenvalue weighted by Gasteiger charge is -2.18. The standard InChI is InChI=1S/C15H18N4O8S/c20-7-12(22)13(23)11(21)6-16-19-28(26,27)9-3-1-8(2-4-9)5-10-14(24)18-15(25)17-10/h1-6,11-13,19-23H,7H2,(H2,17,18,24,25)/b10-5-,16-6+. The molecule has 3 unspecified atom stereocenters. The molecule has 1 aliphatic rings. The number of amides is 3. The lowest BCUT2D eigenvalue weighted by molar-refractivity contribution is -0.115. The van der Waals surface area contributed by atoms with E-state index in [-0.39, 0.29) is 10.6 Å². The fourth-order valence-electron chi connectivity index (χ4n) is 2.04. The first kappa shape index (κ1) is 21.5. The normalized spacial score (nSPS) is 19.4. The highest BCUT2D eigenvalue weighted by molar-refractivity contribution is 7.89. The molecule has 7 N–H and O–H groups in total. The number of nitrogens with zero attached hydrogens (tertiary/aromatic N) is 1. The summed E-state index contributed by atoms with van der Waals surface area (Å²) in [5, 5.41) is 44.4. The van der Waals surface area contributed by atoms with Gasteiger partial charge in [-0.1, -0.05) is 12.1 Å². The molecule has 3 amide bonds. The molecule has 1 aromatic rings. The van der Waals surface area contributed by atoms with E-state index in [2.05, 4.69) is 10.4 Å². The van der Waals surface area contributed by atoms with Crippen LogP contribution in [0.15, 0.2) is 40.0 Å². The van der Waals surface area contributed by atoms with Crippen LogP contribution < -0.4 is 15.5 Å². The molecule has 1 aliphatic heterocycles. The zero-order valence-electron chi connectivity index (χ0n) is 14.2. The van der Waals surface area contributed by atoms with Gasteiger partial charge in [-0.15, -0.1) is 0 Å². The van der Waals surface area contributed by atoms with Crippen LogP contribution in [0.5, 0.6) is 0 Å². The number of hydrogen-bond acceptors (Lipinski definition) is 9. The van der Waals surface area contributed by atoms with E-state index in [1.54, 1.807) is 0 Å². The summed E-state index contributed by atoms with van der Waals surface area (Å²) in [5.74, 6) is -0.607. The zero-order chi connectivity index (χ0) is 20.9. The smallest absolute Gasteiger partial charge is 0.326 e. The number of benzene rings is 1. The van der Waals surface area contributed by atoms with Gasteiger partial charge in [-0.3, -0.25) is 10.1 Å². The maximum absolute atomic E-state index is 12.1. The first-order chi connectivity index (χ1) is 13.1. The Bertz CT molecular complexity index is 897. The largest absolute Gasteiger partial charge is 0.394 e. The molecule has 1 saturated heterocycles. The molecular weight excluding hydrogens is 396 g/mol. The van der Waals surface area contributed by atoms with Crippen LogP contribution in [0.1, 0.15) is 5.56 Å². The van der Waals surface area contributed by atoms with Gasteiger partial charge in [0.05, 0.1) is 17.7 Å². The van der Waals surface area contributed by atoms with Crippen LogP contribution in [-0.4, -0.2) is 71.9 Å². The summed E-state index contributed by atoms with van der Waals surface area (Å²) in [7, 11) is -4.09. The number of hydrazone groups is 1. The lowest BCUT2D eigenvalue weighted by atomic mass is 10.1. The van der Waals surface area contributed by atoms with E-state index < -0.39 is 46.9 Å². The van der Waals surface area contributed by atoms with Crippen LogP contribution >= 0.6 is 0 Å². The third-order valence-electron chi connectivity index (χ3n) is 3.55. The molecule has 0 bridgehead atoms. The van der Waals surface area contributed by atoms with Crippen molar-refractivity contribution in [2.24, 2.45) is 5.10 Å². The Balaban J connectivity index is 2.04. The van der Waals surface area contributed by atoms with Crippen LogP contribution in [0.25, 0.3) is 6.08 Å². The van der Waals surface area contributed by atoms with Crippen molar-refractivity contribution >= 4 is 34.3 Å². The number of sulfonamides is 1. The first-order valence-electron chi connectivity index (χ1n) is 7.78. The zero-order valence-corrected chi connectivity index (χ0v) is 15.0. The van der Waals surface area contributed by atoms with Crippen LogP contribution in [0.4, 0.5) is 4.79 Å². The number of rotatable bonds is 8. The minimum Gasteiger partial charge on any atom is -0.394 e. The summed E-state index contributed by atoms with van der Waals surface area (Å²) < 4.78 is 24.3. The molecule has 12 nitrogen and oxygen atoms in total. The molecule has 0 spiro atoms. The highest BCUT2D eigenvalue weighted by atomic mass is 32.2. The lowest BCUT2D eigenvalue weighted by Crippen LogP contribution is -2.40. The van der Waals surface area contributed by atoms with E-state index in [4.69, 9.17) is 5.11 Å². The molecule has 0 radical (unpaired) electrons. The summed E-state index contributed by atoms with van der Waals surface area (Å²) in [6.07, 6.45) is -3.08. The molecule has 152 valence electrons. The predicted molar refractivity (Wildman–Crippen MR) is 95.0 cm³/mol. The molecule has 0 aromatic heterocycles. The highest BCUT2D eigenvalue weighted by Gasteiger charge is 2.24. The Hall–Kier alpha value is -2.84. The van der Waals surface area contributed by atoms with Gasteiger partial charge in [0.1, 0.15) is 24.0 Å². The number of hydrogen-bond donors (Lipinski definition) is 7. The van der Waals surface area contributed by atoms with E-state index in [1.165, 1.54) is 30.3 Å². The van der Waals surface area contributed by atoms with Gasteiger partial charge in [-0.05, 0) is 23.8 Å². The second-order valence-electron chi connectivity index (χ2n) is 5.64. The minimum absolute atomic E-state index is 0.0148. The predicted octanol–water partition coefficient (Wildman–Crippen LogP) is -2.79. The van der Waals surface area contributed by atoms with E-state index in [1.807, 2.05) is 10.1 Å². The van der Waals surface area contributed by atoms with E-state index in [9.17, 15) is 33.3 Å². The van der Waals surface area contributed by atoms with Crippen LogP contribution in [0.2, 0.25) is 0 Å². The van der Waals surface area contributed by atoms with Gasteiger partial charge in [-0.25, -0.2) is 9.63 Å². The average Bonchev–Trinajstić information content (AvgIpc) is 2.97. The molecule has 2 rings (SSSR count). The number of carbonyl (C=O) groups excluding carboxylic acids is 2. The van der Waals surface area contributed by atoms with Crippen molar-refractivity contribution in [3.05, 3.63) is 35.5 Å². The van der Waals surface area contributed by atoms with Crippen LogP contribution in [0, 0.1) is 0 Å². The van der Waals surface area contributed by atoms with Crippen molar-refractivity contribution < 1.29 is 38.4 Å². The maximum atomic E-state index is 12.1. The number of carbonyl (C=O) groups is 2. The fourth-order valence-corrected chi connectivity index (χ4v) is 2.84. The van der Waals surface area contributed by atoms with Crippen molar-refractivity contribution in [1.29, 1.82) is 0 Å². The third-order valence-corrected chi connectivity index (χ3v) is 4.79. The third kappa shape index (κ3) is 5.34. The number of imide groups is 1. The Morgan fingerprint density at radius 1 is 1.11 bits per heavy atom. The molecule has 1 heterocycles. The van der Waals surface area contributed by atoms with Crippen molar-refractivity contribution in [2.75, 3.05) is 6.61 Å². The van der Waals surface area contributed by atoms with Crippen molar-refractivity contribution in [1.82, 2.24) is 15.5 Å². The van der Waals surface area contributed by atoms with E-state index in [0.29, 0.717) is 11.8 Å². The first-order valence-corrected chi connectivity index (χ1v) is 9.26. The van der Waals surface area contributed by atoms with Crippen molar-refractivity contribution in [3.63, 3.8) is 0 Å². The van der Waals surface area contributed by atoms with Crippen LogP contribution in [0.3, 0.4) is 0 Å². The minimum atomic E-state index is -4.09. The number of aliphatic hydroxyl groups excluding tert-OH is 4. The summed E-state index contributed by atoms with van der Waals surface area (Å²) in [6.45, 7) is -0.800. The van der Waals surface area contributed by atoms with Crippen molar-refractivity contribution in [2.45, 2.75) is 23.2 Å². The Labute approximate surface area is 159 Å². The van der Waals surface area contributed by atoms with Crippen LogP contribution in [-0.2, 0) is 14.8 Å². The quantitative estimate of drug-likeness (QED) is 0.102. The topological polar surface area (TPSA) is 198 Å². The molecule has 1 aromatic carbocycles. The van der Waals surface area contributed by atoms with Gasteiger partial charge in [0.2, 0.25) is 0 Å². The summed E-state index contributed by atoms with van der Waals surface area (Å²) in [4.78, 5) is 24.1. The summed E-state index contributed by atoms with van der Waals surface area (Å²) >= 11 is 0. The second-order valence-corrected chi connectivity index (χ2v) is 7.30. The van der Waals surface area contributed by atoms with Gasteiger partial charge >= 0.3 is 6.03 Å². The molecule has 0 aliphatic carbocycles. The molecule has 28 heavy (non-hydrogen) atoms. The SMILES string of the molecule is O=C1NC(=O)/C(=C/c2ccc(S(=O)(=O)N/N=C/C(O)C(O)C(O)CO)cc2)N1. The van der Waals surface area contributed by atoms with Gasteiger partial charge in [-0.2, -0.15) is 13.5 Å². The number of aliphatic hydroxyl groups is 4. The highest BCUT2D eigenvalue weighted by Crippen LogP contribution is 2.13. The van der Waals surface area contributed by atoms with E-state index in [0.717, 1.165) is 0 Å². The van der Waals surface area contributed by atoms with E-state index >= 15 is 0 Å². The van der Waals surface area contributed by atoms with Gasteiger partial charge in [0, 0.05) is 0 Å². The average molecular weight is 414 g/mol. The van der Waals surface area contributed by atoms with Gasteiger partial charge in [0.25, 0.3) is 15.9 Å². The molecule has 1 fully saturated rings. The number of urea groups is 1. The van der Waals surface area contributed by atoms with Gasteiger partial charge < -0.3 is 25.7 Å². The van der Waals surface area contributed by atoms with Gasteiger partial charge in [0.15, 0.2) is 0 Å². The fraction of sp³-hybridized carbons (Fsp3) is 0.267. The Morgan fingerprint density at radius 2 is 1.75 bits per heavy atom. The summed E-state index contributed by atoms with van der Waals surface area (Å²) in [5.41, 5.74) is 0.465. The Morgan fingerprint density at radius 3 is 2.29 bits per heavy atom.